The maximum absolute atomic E-state index is 12.8. The van der Waals surface area contributed by atoms with Gasteiger partial charge in [0.1, 0.15) is 0 Å². The summed E-state index contributed by atoms with van der Waals surface area (Å²) < 4.78 is 24.8. The molecule has 2 aliphatic heterocycles. The summed E-state index contributed by atoms with van der Waals surface area (Å²) in [6, 6.07) is 0. The Bertz CT molecular complexity index is 501. The zero-order valence-electron chi connectivity index (χ0n) is 12.2. The van der Waals surface area contributed by atoms with Gasteiger partial charge in [-0.3, -0.25) is 4.79 Å². The number of sulfonamides is 1. The Morgan fingerprint density at radius 2 is 1.95 bits per heavy atom. The average molecular weight is 300 g/mol. The van der Waals surface area contributed by atoms with Gasteiger partial charge in [-0.15, -0.1) is 0 Å². The van der Waals surface area contributed by atoms with Gasteiger partial charge in [-0.25, -0.2) is 12.7 Å². The van der Waals surface area contributed by atoms with Gasteiger partial charge in [0.25, 0.3) is 0 Å². The van der Waals surface area contributed by atoms with Crippen LogP contribution in [0.1, 0.15) is 38.5 Å². The molecular formula is C14H24N2O3S. The maximum Gasteiger partial charge on any atom is 0.230 e. The van der Waals surface area contributed by atoms with E-state index in [4.69, 9.17) is 0 Å². The van der Waals surface area contributed by atoms with Gasteiger partial charge in [0.15, 0.2) is 0 Å². The van der Waals surface area contributed by atoms with Gasteiger partial charge in [-0.2, -0.15) is 0 Å². The molecule has 1 atom stereocenters. The van der Waals surface area contributed by atoms with Crippen LogP contribution in [0.4, 0.5) is 0 Å². The first-order valence-electron chi connectivity index (χ1n) is 7.65. The Morgan fingerprint density at radius 1 is 1.20 bits per heavy atom. The molecule has 20 heavy (non-hydrogen) atoms. The lowest BCUT2D eigenvalue weighted by Gasteiger charge is -2.42. The molecule has 2 saturated heterocycles. The summed E-state index contributed by atoms with van der Waals surface area (Å²) in [5, 5.41) is 0. The van der Waals surface area contributed by atoms with E-state index in [1.807, 2.05) is 4.90 Å². The number of piperidine rings is 1. The zero-order valence-corrected chi connectivity index (χ0v) is 13.0. The van der Waals surface area contributed by atoms with Gasteiger partial charge in [0.2, 0.25) is 15.9 Å². The number of likely N-dealkylation sites (tertiary alicyclic amines) is 1. The predicted molar refractivity (Wildman–Crippen MR) is 76.6 cm³/mol. The summed E-state index contributed by atoms with van der Waals surface area (Å²) in [5.41, 5.74) is -0.426. The molecule has 1 aliphatic carbocycles. The third kappa shape index (κ3) is 2.48. The highest BCUT2D eigenvalue weighted by Crippen LogP contribution is 2.41. The fourth-order valence-electron chi connectivity index (χ4n) is 3.81. The number of rotatable bonds is 3. The molecule has 0 aromatic carbocycles. The van der Waals surface area contributed by atoms with Gasteiger partial charge < -0.3 is 4.90 Å². The smallest absolute Gasteiger partial charge is 0.230 e. The van der Waals surface area contributed by atoms with Gasteiger partial charge in [-0.1, -0.05) is 6.42 Å². The maximum atomic E-state index is 12.8. The van der Waals surface area contributed by atoms with Gasteiger partial charge >= 0.3 is 0 Å². The van der Waals surface area contributed by atoms with Crippen molar-refractivity contribution in [2.24, 2.45) is 11.3 Å². The van der Waals surface area contributed by atoms with Crippen LogP contribution in [-0.4, -0.2) is 56.0 Å². The van der Waals surface area contributed by atoms with Gasteiger partial charge in [0, 0.05) is 26.2 Å². The van der Waals surface area contributed by atoms with Crippen molar-refractivity contribution in [1.29, 1.82) is 0 Å². The first-order valence-corrected chi connectivity index (χ1v) is 9.50. The molecule has 1 saturated carbocycles. The van der Waals surface area contributed by atoms with E-state index in [-0.39, 0.29) is 5.91 Å². The van der Waals surface area contributed by atoms with Crippen LogP contribution >= 0.6 is 0 Å². The fourth-order valence-corrected chi connectivity index (χ4v) is 4.71. The van der Waals surface area contributed by atoms with E-state index in [0.29, 0.717) is 25.4 Å². The number of carbonyl (C=O) groups excluding carboxylic acids is 1. The first-order chi connectivity index (χ1) is 9.41. The molecule has 114 valence electrons. The Hall–Kier alpha value is -0.620. The van der Waals surface area contributed by atoms with Crippen LogP contribution in [-0.2, 0) is 14.8 Å². The molecule has 0 aromatic rings. The molecule has 3 fully saturated rings. The summed E-state index contributed by atoms with van der Waals surface area (Å²) in [6.45, 7) is 2.64. The summed E-state index contributed by atoms with van der Waals surface area (Å²) >= 11 is 0. The summed E-state index contributed by atoms with van der Waals surface area (Å²) in [5.74, 6) is 0.892. The second kappa shape index (κ2) is 4.98. The fraction of sp³-hybridized carbons (Fsp3) is 0.929. The molecule has 5 nitrogen and oxygen atoms in total. The average Bonchev–Trinajstić information content (AvgIpc) is 2.74. The van der Waals surface area contributed by atoms with Crippen LogP contribution < -0.4 is 0 Å². The second-order valence-electron chi connectivity index (χ2n) is 6.78. The lowest BCUT2D eigenvalue weighted by Crippen LogP contribution is -2.52. The van der Waals surface area contributed by atoms with Crippen molar-refractivity contribution in [3.8, 4) is 0 Å². The van der Waals surface area contributed by atoms with E-state index in [2.05, 4.69) is 0 Å². The number of hydrogen-bond donors (Lipinski definition) is 0. The van der Waals surface area contributed by atoms with Crippen molar-refractivity contribution in [3.63, 3.8) is 0 Å². The molecule has 0 radical (unpaired) electrons. The lowest BCUT2D eigenvalue weighted by atomic mass is 9.77. The SMILES string of the molecule is CS(=O)(=O)N1CC[C@@]2(CCCN(CC3CCC3)C2=O)C1. The van der Waals surface area contributed by atoms with Crippen LogP contribution in [0.5, 0.6) is 0 Å². The van der Waals surface area contributed by atoms with E-state index in [0.717, 1.165) is 25.9 Å². The van der Waals surface area contributed by atoms with E-state index < -0.39 is 15.4 Å². The number of amides is 1. The molecule has 1 amide bonds. The van der Waals surface area contributed by atoms with E-state index in [1.165, 1.54) is 29.8 Å². The van der Waals surface area contributed by atoms with Crippen LogP contribution in [0.25, 0.3) is 0 Å². The standard InChI is InChI=1S/C14H24N2O3S/c1-20(18,19)16-9-7-14(11-16)6-3-8-15(13(14)17)10-12-4-2-5-12/h12H,2-11H2,1H3/t14-/m0/s1. The van der Waals surface area contributed by atoms with E-state index >= 15 is 0 Å². The molecule has 3 aliphatic rings. The highest BCUT2D eigenvalue weighted by molar-refractivity contribution is 7.88. The molecule has 6 heteroatoms. The molecule has 0 N–H and O–H groups in total. The number of nitrogens with zero attached hydrogens (tertiary/aromatic N) is 2. The molecule has 2 heterocycles. The largest absolute Gasteiger partial charge is 0.342 e. The highest BCUT2D eigenvalue weighted by Gasteiger charge is 2.50. The second-order valence-corrected chi connectivity index (χ2v) is 8.76. The van der Waals surface area contributed by atoms with Crippen LogP contribution in [0.3, 0.4) is 0 Å². The zero-order chi connectivity index (χ0) is 14.4. The lowest BCUT2D eigenvalue weighted by molar-refractivity contribution is -0.146. The molecule has 0 unspecified atom stereocenters. The normalized spacial score (nSPS) is 32.9. The van der Waals surface area contributed by atoms with Crippen molar-refractivity contribution < 1.29 is 13.2 Å². The van der Waals surface area contributed by atoms with Crippen molar-refractivity contribution in [2.45, 2.75) is 38.5 Å². The quantitative estimate of drug-likeness (QED) is 0.783. The van der Waals surface area contributed by atoms with Crippen molar-refractivity contribution >= 4 is 15.9 Å². The Kier molecular flexibility index (Phi) is 3.57. The minimum Gasteiger partial charge on any atom is -0.342 e. The number of hydrogen-bond acceptors (Lipinski definition) is 3. The predicted octanol–water partition coefficient (Wildman–Crippen LogP) is 1.06. The molecule has 0 aromatic heterocycles. The summed E-state index contributed by atoms with van der Waals surface area (Å²) in [7, 11) is -3.17. The Morgan fingerprint density at radius 3 is 2.50 bits per heavy atom. The third-order valence-corrected chi connectivity index (χ3v) is 6.57. The third-order valence-electron chi connectivity index (χ3n) is 5.32. The van der Waals surface area contributed by atoms with Crippen LogP contribution in [0.15, 0.2) is 0 Å². The van der Waals surface area contributed by atoms with E-state index in [9.17, 15) is 13.2 Å². The molecular weight excluding hydrogens is 276 g/mol. The molecule has 0 bridgehead atoms. The highest BCUT2D eigenvalue weighted by atomic mass is 32.2. The topological polar surface area (TPSA) is 57.7 Å². The Labute approximate surface area is 121 Å². The van der Waals surface area contributed by atoms with Crippen LogP contribution in [0.2, 0.25) is 0 Å². The van der Waals surface area contributed by atoms with Gasteiger partial charge in [0.05, 0.1) is 11.7 Å². The molecule has 3 rings (SSSR count). The summed E-state index contributed by atoms with van der Waals surface area (Å²) in [4.78, 5) is 14.8. The van der Waals surface area contributed by atoms with Crippen molar-refractivity contribution in [1.82, 2.24) is 9.21 Å². The van der Waals surface area contributed by atoms with E-state index in [1.54, 1.807) is 0 Å². The number of carbonyl (C=O) groups is 1. The van der Waals surface area contributed by atoms with Crippen LogP contribution in [0, 0.1) is 11.3 Å². The first kappa shape index (κ1) is 14.3. The van der Waals surface area contributed by atoms with Crippen molar-refractivity contribution in [2.75, 3.05) is 32.4 Å². The van der Waals surface area contributed by atoms with Gasteiger partial charge in [-0.05, 0) is 38.0 Å². The Balaban J connectivity index is 1.71. The van der Waals surface area contributed by atoms with Crippen molar-refractivity contribution in [3.05, 3.63) is 0 Å². The minimum absolute atomic E-state index is 0.210. The summed E-state index contributed by atoms with van der Waals surface area (Å²) in [6.07, 6.45) is 7.57. The minimum atomic E-state index is -3.17. The monoisotopic (exact) mass is 300 g/mol. The molecule has 1 spiro atoms.